The largest absolute Gasteiger partial charge is 0.363 e. The molecule has 6 heteroatoms. The Balaban J connectivity index is 2.17. The number of carbonyl (C=O) groups excluding carboxylic acids is 1. The lowest BCUT2D eigenvalue weighted by molar-refractivity contribution is 0.0987. The maximum Gasteiger partial charge on any atom is 0.290 e. The lowest BCUT2D eigenvalue weighted by Crippen LogP contribution is -2.31. The van der Waals surface area contributed by atoms with E-state index in [2.05, 4.69) is 10.1 Å². The molecular weight excluding hydrogens is 196 g/mol. The van der Waals surface area contributed by atoms with Crippen molar-refractivity contribution in [3.8, 4) is 0 Å². The molecule has 1 aromatic heterocycles. The van der Waals surface area contributed by atoms with Crippen LogP contribution in [0.3, 0.4) is 0 Å². The maximum atomic E-state index is 10.8. The first-order valence-corrected chi connectivity index (χ1v) is 5.07. The summed E-state index contributed by atoms with van der Waals surface area (Å²) in [6.45, 7) is 0. The summed E-state index contributed by atoms with van der Waals surface area (Å²) in [5.41, 5.74) is 11.0. The molecule has 1 amide bonds. The minimum Gasteiger partial charge on any atom is -0.363 e. The van der Waals surface area contributed by atoms with Crippen molar-refractivity contribution in [2.75, 3.05) is 0 Å². The van der Waals surface area contributed by atoms with E-state index in [-0.39, 0.29) is 17.8 Å². The summed E-state index contributed by atoms with van der Waals surface area (Å²) < 4.78 is 4.99. The minimum absolute atomic E-state index is 0.0416. The van der Waals surface area contributed by atoms with Gasteiger partial charge in [0, 0.05) is 6.04 Å². The molecule has 1 aliphatic carbocycles. The van der Waals surface area contributed by atoms with Crippen LogP contribution in [0.2, 0.25) is 0 Å². The van der Waals surface area contributed by atoms with Crippen LogP contribution in [0.4, 0.5) is 0 Å². The van der Waals surface area contributed by atoms with Gasteiger partial charge in [-0.3, -0.25) is 4.79 Å². The predicted octanol–water partition coefficient (Wildman–Crippen LogP) is 0.153. The zero-order valence-electron chi connectivity index (χ0n) is 8.35. The lowest BCUT2D eigenvalue weighted by Gasteiger charge is -2.25. The van der Waals surface area contributed by atoms with Crippen LogP contribution in [0.15, 0.2) is 4.52 Å². The number of aromatic nitrogens is 2. The molecule has 0 spiro atoms. The second-order valence-electron chi connectivity index (χ2n) is 3.88. The minimum atomic E-state index is -0.672. The lowest BCUT2D eigenvalue weighted by atomic mass is 9.85. The second kappa shape index (κ2) is 3.98. The first-order valence-electron chi connectivity index (χ1n) is 5.07. The summed E-state index contributed by atoms with van der Waals surface area (Å²) in [6.07, 6.45) is 4.13. The molecule has 6 nitrogen and oxygen atoms in total. The van der Waals surface area contributed by atoms with E-state index in [1.54, 1.807) is 0 Å². The molecule has 0 saturated heterocycles. The Morgan fingerprint density at radius 1 is 1.40 bits per heavy atom. The third kappa shape index (κ3) is 1.99. The van der Waals surface area contributed by atoms with Gasteiger partial charge < -0.3 is 16.0 Å². The molecular formula is C9H14N4O2. The SMILES string of the molecule is NC(=O)c1noc(C2CCCCC2N)n1. The van der Waals surface area contributed by atoms with Gasteiger partial charge in [-0.15, -0.1) is 0 Å². The number of rotatable bonds is 2. The molecule has 0 aromatic carbocycles. The Labute approximate surface area is 87.0 Å². The van der Waals surface area contributed by atoms with Gasteiger partial charge in [-0.05, 0) is 12.8 Å². The summed E-state index contributed by atoms with van der Waals surface area (Å²) in [6, 6.07) is 0.0416. The Kier molecular flexibility index (Phi) is 2.68. The van der Waals surface area contributed by atoms with Crippen molar-refractivity contribution in [2.24, 2.45) is 11.5 Å². The number of primary amides is 1. The highest BCUT2D eigenvalue weighted by Crippen LogP contribution is 2.30. The van der Waals surface area contributed by atoms with Crippen molar-refractivity contribution in [1.82, 2.24) is 10.1 Å². The fraction of sp³-hybridized carbons (Fsp3) is 0.667. The van der Waals surface area contributed by atoms with Gasteiger partial charge in [0.1, 0.15) is 0 Å². The number of nitrogens with zero attached hydrogens (tertiary/aromatic N) is 2. The molecule has 1 aromatic rings. The quantitative estimate of drug-likeness (QED) is 0.722. The van der Waals surface area contributed by atoms with Crippen LogP contribution in [-0.2, 0) is 0 Å². The van der Waals surface area contributed by atoms with Crippen LogP contribution < -0.4 is 11.5 Å². The number of nitrogens with two attached hydrogens (primary N) is 2. The topological polar surface area (TPSA) is 108 Å². The fourth-order valence-electron chi connectivity index (χ4n) is 1.95. The number of hydrogen-bond donors (Lipinski definition) is 2. The van der Waals surface area contributed by atoms with Crippen LogP contribution in [0.1, 0.15) is 48.1 Å². The van der Waals surface area contributed by atoms with Gasteiger partial charge in [-0.25, -0.2) is 0 Å². The molecule has 1 heterocycles. The number of carbonyl (C=O) groups is 1. The van der Waals surface area contributed by atoms with E-state index in [0.717, 1.165) is 25.7 Å². The first kappa shape index (κ1) is 10.1. The van der Waals surface area contributed by atoms with Crippen molar-refractivity contribution < 1.29 is 9.32 Å². The molecule has 2 rings (SSSR count). The molecule has 1 fully saturated rings. The fourth-order valence-corrected chi connectivity index (χ4v) is 1.95. The van der Waals surface area contributed by atoms with Crippen molar-refractivity contribution in [3.63, 3.8) is 0 Å². The van der Waals surface area contributed by atoms with Gasteiger partial charge >= 0.3 is 0 Å². The normalized spacial score (nSPS) is 26.5. The highest BCUT2D eigenvalue weighted by Gasteiger charge is 2.28. The summed E-state index contributed by atoms with van der Waals surface area (Å²) in [5, 5.41) is 3.51. The first-order chi connectivity index (χ1) is 7.18. The standard InChI is InChI=1S/C9H14N4O2/c10-6-4-2-1-3-5(6)9-12-8(7(11)14)13-15-9/h5-6H,1-4,10H2,(H2,11,14). The van der Waals surface area contributed by atoms with Gasteiger partial charge in [0.25, 0.3) is 11.7 Å². The molecule has 2 atom stereocenters. The number of amides is 1. The highest BCUT2D eigenvalue weighted by molar-refractivity contribution is 5.88. The molecule has 2 unspecified atom stereocenters. The van der Waals surface area contributed by atoms with Crippen LogP contribution >= 0.6 is 0 Å². The van der Waals surface area contributed by atoms with E-state index in [1.807, 2.05) is 0 Å². The Morgan fingerprint density at radius 3 is 2.73 bits per heavy atom. The van der Waals surface area contributed by atoms with Crippen LogP contribution in [-0.4, -0.2) is 22.1 Å². The summed E-state index contributed by atoms with van der Waals surface area (Å²) in [7, 11) is 0. The summed E-state index contributed by atoms with van der Waals surface area (Å²) in [4.78, 5) is 14.7. The summed E-state index contributed by atoms with van der Waals surface area (Å²) in [5.74, 6) is -0.229. The third-order valence-electron chi connectivity index (χ3n) is 2.80. The van der Waals surface area contributed by atoms with Crippen molar-refractivity contribution in [3.05, 3.63) is 11.7 Å². The zero-order chi connectivity index (χ0) is 10.8. The smallest absolute Gasteiger partial charge is 0.290 e. The van der Waals surface area contributed by atoms with Crippen LogP contribution in [0, 0.1) is 0 Å². The van der Waals surface area contributed by atoms with E-state index in [1.165, 1.54) is 0 Å². The van der Waals surface area contributed by atoms with E-state index in [4.69, 9.17) is 16.0 Å². The molecule has 0 bridgehead atoms. The van der Waals surface area contributed by atoms with E-state index in [0.29, 0.717) is 5.89 Å². The van der Waals surface area contributed by atoms with Crippen molar-refractivity contribution >= 4 is 5.91 Å². The molecule has 4 N–H and O–H groups in total. The number of hydrogen-bond acceptors (Lipinski definition) is 5. The molecule has 82 valence electrons. The second-order valence-corrected chi connectivity index (χ2v) is 3.88. The van der Waals surface area contributed by atoms with Crippen LogP contribution in [0.5, 0.6) is 0 Å². The van der Waals surface area contributed by atoms with Crippen LogP contribution in [0.25, 0.3) is 0 Å². The van der Waals surface area contributed by atoms with E-state index >= 15 is 0 Å². The van der Waals surface area contributed by atoms with Gasteiger partial charge in [0.2, 0.25) is 5.89 Å². The Hall–Kier alpha value is -1.43. The van der Waals surface area contributed by atoms with Crippen molar-refractivity contribution in [2.45, 2.75) is 37.6 Å². The molecule has 1 saturated carbocycles. The predicted molar refractivity (Wildman–Crippen MR) is 52.0 cm³/mol. The van der Waals surface area contributed by atoms with E-state index in [9.17, 15) is 4.79 Å². The van der Waals surface area contributed by atoms with Gasteiger partial charge in [0.15, 0.2) is 0 Å². The molecule has 0 radical (unpaired) electrons. The molecule has 15 heavy (non-hydrogen) atoms. The van der Waals surface area contributed by atoms with Gasteiger partial charge in [0.05, 0.1) is 5.92 Å². The van der Waals surface area contributed by atoms with Gasteiger partial charge in [-0.1, -0.05) is 18.0 Å². The monoisotopic (exact) mass is 210 g/mol. The molecule has 1 aliphatic rings. The Bertz CT molecular complexity index is 363. The Morgan fingerprint density at radius 2 is 2.13 bits per heavy atom. The van der Waals surface area contributed by atoms with Gasteiger partial charge in [-0.2, -0.15) is 4.98 Å². The average Bonchev–Trinajstić information content (AvgIpc) is 2.67. The van der Waals surface area contributed by atoms with E-state index < -0.39 is 5.91 Å². The average molecular weight is 210 g/mol. The van der Waals surface area contributed by atoms with Crippen molar-refractivity contribution in [1.29, 1.82) is 0 Å². The maximum absolute atomic E-state index is 10.8. The zero-order valence-corrected chi connectivity index (χ0v) is 8.35. The summed E-state index contributed by atoms with van der Waals surface area (Å²) >= 11 is 0. The third-order valence-corrected chi connectivity index (χ3v) is 2.80. The highest BCUT2D eigenvalue weighted by atomic mass is 16.5. The molecule has 0 aliphatic heterocycles.